The average molecular weight is 188 g/mol. The lowest BCUT2D eigenvalue weighted by atomic mass is 10.1. The smallest absolute Gasteiger partial charge is 0.0551 e. The van der Waals surface area contributed by atoms with Crippen molar-refractivity contribution in [3.8, 4) is 11.8 Å². The van der Waals surface area contributed by atoms with Gasteiger partial charge in [-0.1, -0.05) is 24.0 Å². The molecule has 0 aliphatic heterocycles. The number of rotatable bonds is 2. The van der Waals surface area contributed by atoms with E-state index in [1.807, 2.05) is 14.1 Å². The maximum atomic E-state index is 5.28. The van der Waals surface area contributed by atoms with Gasteiger partial charge in [0.2, 0.25) is 0 Å². The van der Waals surface area contributed by atoms with E-state index >= 15 is 0 Å². The minimum Gasteiger partial charge on any atom is -0.378 e. The Morgan fingerprint density at radius 2 is 1.79 bits per heavy atom. The molecule has 1 aromatic rings. The van der Waals surface area contributed by atoms with Gasteiger partial charge >= 0.3 is 0 Å². The molecule has 2 heteroatoms. The van der Waals surface area contributed by atoms with Crippen LogP contribution in [0.1, 0.15) is 5.56 Å². The van der Waals surface area contributed by atoms with Crippen LogP contribution in [0.15, 0.2) is 24.3 Å². The van der Waals surface area contributed by atoms with E-state index in [4.69, 9.17) is 5.73 Å². The van der Waals surface area contributed by atoms with Gasteiger partial charge in [0.25, 0.3) is 0 Å². The van der Waals surface area contributed by atoms with E-state index in [1.54, 1.807) is 0 Å². The van der Waals surface area contributed by atoms with Crippen LogP contribution in [-0.4, -0.2) is 20.6 Å². The van der Waals surface area contributed by atoms with E-state index < -0.39 is 0 Å². The number of anilines is 1. The molecule has 0 aliphatic rings. The first-order valence-electron chi connectivity index (χ1n) is 4.66. The standard InChI is InChI=1S/C12H16N2/c1-14(2)12-8-6-11(7-9-12)5-3-4-10-13/h6-9H,5,10,13H2,1-2H3. The number of nitrogens with zero attached hydrogens (tertiary/aromatic N) is 1. The summed E-state index contributed by atoms with van der Waals surface area (Å²) in [7, 11) is 4.06. The molecule has 74 valence electrons. The van der Waals surface area contributed by atoms with Crippen molar-refractivity contribution < 1.29 is 0 Å². The zero-order chi connectivity index (χ0) is 10.4. The van der Waals surface area contributed by atoms with Gasteiger partial charge in [0, 0.05) is 26.2 Å². The molecule has 1 rings (SSSR count). The molecule has 1 aromatic carbocycles. The zero-order valence-corrected chi connectivity index (χ0v) is 8.75. The Morgan fingerprint density at radius 3 is 2.29 bits per heavy atom. The van der Waals surface area contributed by atoms with Crippen molar-refractivity contribution >= 4 is 5.69 Å². The molecule has 0 aliphatic carbocycles. The highest BCUT2D eigenvalue weighted by Gasteiger charge is 1.94. The normalized spacial score (nSPS) is 9.07. The predicted octanol–water partition coefficient (Wildman–Crippen LogP) is 1.26. The van der Waals surface area contributed by atoms with Gasteiger partial charge in [0.05, 0.1) is 6.54 Å². The summed E-state index contributed by atoms with van der Waals surface area (Å²) in [6.45, 7) is 0.440. The van der Waals surface area contributed by atoms with E-state index in [2.05, 4.69) is 41.0 Å². The quantitative estimate of drug-likeness (QED) is 0.708. The summed E-state index contributed by atoms with van der Waals surface area (Å²) in [6, 6.07) is 8.39. The third kappa shape index (κ3) is 3.12. The number of hydrogen-bond acceptors (Lipinski definition) is 2. The van der Waals surface area contributed by atoms with E-state index in [0.29, 0.717) is 6.54 Å². The third-order valence-electron chi connectivity index (χ3n) is 1.97. The Kier molecular flexibility index (Phi) is 4.03. The summed E-state index contributed by atoms with van der Waals surface area (Å²) in [6.07, 6.45) is 0.783. The van der Waals surface area contributed by atoms with Gasteiger partial charge in [-0.05, 0) is 17.7 Å². The van der Waals surface area contributed by atoms with Gasteiger partial charge in [-0.25, -0.2) is 0 Å². The molecular weight excluding hydrogens is 172 g/mol. The van der Waals surface area contributed by atoms with Gasteiger partial charge in [-0.3, -0.25) is 0 Å². The Balaban J connectivity index is 2.64. The largest absolute Gasteiger partial charge is 0.378 e. The van der Waals surface area contributed by atoms with Crippen LogP contribution in [0.2, 0.25) is 0 Å². The first kappa shape index (κ1) is 10.6. The molecular formula is C12H16N2. The molecule has 0 saturated heterocycles. The summed E-state index contributed by atoms with van der Waals surface area (Å²) in [4.78, 5) is 2.08. The van der Waals surface area contributed by atoms with Crippen LogP contribution < -0.4 is 10.6 Å². The first-order chi connectivity index (χ1) is 6.74. The van der Waals surface area contributed by atoms with Crippen molar-refractivity contribution in [2.24, 2.45) is 5.73 Å². The summed E-state index contributed by atoms with van der Waals surface area (Å²) in [5.41, 5.74) is 7.72. The molecule has 0 aromatic heterocycles. The minimum absolute atomic E-state index is 0.440. The lowest BCUT2D eigenvalue weighted by Gasteiger charge is -2.11. The molecule has 0 atom stereocenters. The van der Waals surface area contributed by atoms with Crippen molar-refractivity contribution in [3.05, 3.63) is 29.8 Å². The molecule has 2 nitrogen and oxygen atoms in total. The molecule has 0 bridgehead atoms. The van der Waals surface area contributed by atoms with Crippen LogP contribution in [-0.2, 0) is 6.42 Å². The second kappa shape index (κ2) is 5.31. The molecule has 0 unspecified atom stereocenters. The number of hydrogen-bond donors (Lipinski definition) is 1. The second-order valence-electron chi connectivity index (χ2n) is 3.30. The number of benzene rings is 1. The van der Waals surface area contributed by atoms with E-state index in [0.717, 1.165) is 6.42 Å². The molecule has 14 heavy (non-hydrogen) atoms. The summed E-state index contributed by atoms with van der Waals surface area (Å²) < 4.78 is 0. The lowest BCUT2D eigenvalue weighted by Crippen LogP contribution is -2.08. The van der Waals surface area contributed by atoms with Crippen molar-refractivity contribution in [1.82, 2.24) is 0 Å². The fourth-order valence-corrected chi connectivity index (χ4v) is 1.15. The van der Waals surface area contributed by atoms with E-state index in [-0.39, 0.29) is 0 Å². The van der Waals surface area contributed by atoms with Crippen LogP contribution in [0.4, 0.5) is 5.69 Å². The summed E-state index contributed by atoms with van der Waals surface area (Å²) in [5.74, 6) is 5.86. The fraction of sp³-hybridized carbons (Fsp3) is 0.333. The van der Waals surface area contributed by atoms with Crippen LogP contribution in [0.3, 0.4) is 0 Å². The Hall–Kier alpha value is -1.46. The highest BCUT2D eigenvalue weighted by Crippen LogP contribution is 2.12. The summed E-state index contributed by atoms with van der Waals surface area (Å²) >= 11 is 0. The molecule has 0 fully saturated rings. The maximum absolute atomic E-state index is 5.28. The minimum atomic E-state index is 0.440. The van der Waals surface area contributed by atoms with Gasteiger partial charge < -0.3 is 10.6 Å². The van der Waals surface area contributed by atoms with Crippen molar-refractivity contribution in [2.75, 3.05) is 25.5 Å². The Bertz CT molecular complexity index is 328. The average Bonchev–Trinajstić information content (AvgIpc) is 2.19. The van der Waals surface area contributed by atoms with Gasteiger partial charge in [0.1, 0.15) is 0 Å². The zero-order valence-electron chi connectivity index (χ0n) is 8.75. The predicted molar refractivity (Wildman–Crippen MR) is 61.3 cm³/mol. The van der Waals surface area contributed by atoms with Crippen LogP contribution >= 0.6 is 0 Å². The van der Waals surface area contributed by atoms with Gasteiger partial charge in [0.15, 0.2) is 0 Å². The maximum Gasteiger partial charge on any atom is 0.0551 e. The molecule has 0 heterocycles. The second-order valence-corrected chi connectivity index (χ2v) is 3.30. The monoisotopic (exact) mass is 188 g/mol. The SMILES string of the molecule is CN(C)c1ccc(CC#CCN)cc1. The molecule has 0 saturated carbocycles. The van der Waals surface area contributed by atoms with E-state index in [9.17, 15) is 0 Å². The van der Waals surface area contributed by atoms with Crippen molar-refractivity contribution in [3.63, 3.8) is 0 Å². The van der Waals surface area contributed by atoms with E-state index in [1.165, 1.54) is 11.3 Å². The lowest BCUT2D eigenvalue weighted by molar-refractivity contribution is 1.13. The first-order valence-corrected chi connectivity index (χ1v) is 4.66. The van der Waals surface area contributed by atoms with Crippen LogP contribution in [0.25, 0.3) is 0 Å². The molecule has 0 radical (unpaired) electrons. The fourth-order valence-electron chi connectivity index (χ4n) is 1.15. The highest BCUT2D eigenvalue weighted by molar-refractivity contribution is 5.46. The topological polar surface area (TPSA) is 29.3 Å². The van der Waals surface area contributed by atoms with Crippen molar-refractivity contribution in [1.29, 1.82) is 0 Å². The van der Waals surface area contributed by atoms with Gasteiger partial charge in [-0.2, -0.15) is 0 Å². The molecule has 2 N–H and O–H groups in total. The van der Waals surface area contributed by atoms with Gasteiger partial charge in [-0.15, -0.1) is 0 Å². The highest BCUT2D eigenvalue weighted by atomic mass is 15.1. The summed E-state index contributed by atoms with van der Waals surface area (Å²) in [5, 5.41) is 0. The van der Waals surface area contributed by atoms with Crippen LogP contribution in [0, 0.1) is 11.8 Å². The third-order valence-corrected chi connectivity index (χ3v) is 1.97. The Morgan fingerprint density at radius 1 is 1.14 bits per heavy atom. The molecule has 0 spiro atoms. The number of nitrogens with two attached hydrogens (primary N) is 1. The Labute approximate surface area is 85.7 Å². The van der Waals surface area contributed by atoms with Crippen molar-refractivity contribution in [2.45, 2.75) is 6.42 Å². The van der Waals surface area contributed by atoms with Crippen LogP contribution in [0.5, 0.6) is 0 Å². The molecule has 0 amide bonds.